The van der Waals surface area contributed by atoms with Crippen molar-refractivity contribution in [3.05, 3.63) is 29.6 Å². The van der Waals surface area contributed by atoms with Crippen LogP contribution in [0.3, 0.4) is 0 Å². The van der Waals surface area contributed by atoms with E-state index in [4.69, 9.17) is 5.26 Å². The number of carbonyl (C=O) groups excluding carboxylic acids is 1. The summed E-state index contributed by atoms with van der Waals surface area (Å²) in [6.07, 6.45) is 0.925. The summed E-state index contributed by atoms with van der Waals surface area (Å²) < 4.78 is 35.6. The Kier molecular flexibility index (Phi) is 4.03. The maximum absolute atomic E-state index is 13.2. The van der Waals surface area contributed by atoms with Crippen LogP contribution in [0.4, 0.5) is 10.1 Å². The van der Waals surface area contributed by atoms with Crippen molar-refractivity contribution >= 4 is 21.4 Å². The molecule has 5 nitrogen and oxygen atoms in total. The van der Waals surface area contributed by atoms with Crippen molar-refractivity contribution in [2.24, 2.45) is 0 Å². The van der Waals surface area contributed by atoms with Crippen LogP contribution in [0.1, 0.15) is 12.5 Å². The number of hydrogen-bond donors (Lipinski definition) is 1. The Morgan fingerprint density at radius 1 is 1.50 bits per heavy atom. The third kappa shape index (κ3) is 3.05. The smallest absolute Gasteiger partial charge is 0.242 e. The van der Waals surface area contributed by atoms with Crippen molar-refractivity contribution in [1.29, 1.82) is 5.26 Å². The van der Waals surface area contributed by atoms with Crippen molar-refractivity contribution in [3.63, 3.8) is 0 Å². The molecule has 96 valence electrons. The molecular formula is C11H11FN2O3S. The highest BCUT2D eigenvalue weighted by Crippen LogP contribution is 2.18. The number of halogens is 1. The summed E-state index contributed by atoms with van der Waals surface area (Å²) in [7, 11) is -3.54. The Labute approximate surface area is 104 Å². The zero-order valence-corrected chi connectivity index (χ0v) is 10.6. The van der Waals surface area contributed by atoms with Gasteiger partial charge in [-0.25, -0.2) is 12.8 Å². The maximum Gasteiger partial charge on any atom is 0.242 e. The van der Waals surface area contributed by atoms with Crippen molar-refractivity contribution in [2.75, 3.05) is 11.6 Å². The predicted octanol–water partition coefficient (Wildman–Crippen LogP) is 1.07. The van der Waals surface area contributed by atoms with Crippen LogP contribution in [0, 0.1) is 17.1 Å². The van der Waals surface area contributed by atoms with Crippen molar-refractivity contribution < 1.29 is 17.6 Å². The van der Waals surface area contributed by atoms with Gasteiger partial charge in [0.05, 0.1) is 5.69 Å². The number of anilines is 1. The first-order valence-electron chi connectivity index (χ1n) is 4.95. The van der Waals surface area contributed by atoms with E-state index in [0.717, 1.165) is 12.3 Å². The number of benzene rings is 1. The first-order chi connectivity index (χ1) is 8.27. The monoisotopic (exact) mass is 270 g/mol. The van der Waals surface area contributed by atoms with Gasteiger partial charge in [-0.15, -0.1) is 0 Å². The van der Waals surface area contributed by atoms with Gasteiger partial charge in [-0.05, 0) is 19.1 Å². The fourth-order valence-corrected chi connectivity index (χ4v) is 1.62. The lowest BCUT2D eigenvalue weighted by molar-refractivity contribution is -0.115. The van der Waals surface area contributed by atoms with Crippen LogP contribution in [0.5, 0.6) is 0 Å². The minimum Gasteiger partial charge on any atom is -0.324 e. The Balaban J connectivity index is 3.04. The lowest BCUT2D eigenvalue weighted by atomic mass is 10.2. The van der Waals surface area contributed by atoms with Gasteiger partial charge in [-0.3, -0.25) is 4.79 Å². The molecule has 1 aromatic carbocycles. The molecule has 1 amide bonds. The van der Waals surface area contributed by atoms with Crippen LogP contribution in [0.2, 0.25) is 0 Å². The normalized spacial score (nSPS) is 12.6. The molecule has 1 aromatic rings. The number of rotatable bonds is 3. The van der Waals surface area contributed by atoms with E-state index < -0.39 is 26.8 Å². The van der Waals surface area contributed by atoms with E-state index >= 15 is 0 Å². The maximum atomic E-state index is 13.2. The molecule has 0 saturated heterocycles. The molecule has 0 radical (unpaired) electrons. The van der Waals surface area contributed by atoms with Crippen LogP contribution in [0.15, 0.2) is 18.2 Å². The predicted molar refractivity (Wildman–Crippen MR) is 64.1 cm³/mol. The lowest BCUT2D eigenvalue weighted by Crippen LogP contribution is -2.32. The van der Waals surface area contributed by atoms with Gasteiger partial charge in [0.15, 0.2) is 9.84 Å². The molecule has 0 aliphatic rings. The molecule has 0 aromatic heterocycles. The number of sulfone groups is 1. The second-order valence-electron chi connectivity index (χ2n) is 3.74. The van der Waals surface area contributed by atoms with Gasteiger partial charge in [0.1, 0.15) is 22.7 Å². The number of carbonyl (C=O) groups is 1. The molecule has 1 atom stereocenters. The van der Waals surface area contributed by atoms with Gasteiger partial charge < -0.3 is 5.32 Å². The molecule has 1 unspecified atom stereocenters. The Morgan fingerprint density at radius 3 is 2.61 bits per heavy atom. The summed E-state index contributed by atoms with van der Waals surface area (Å²) in [6.45, 7) is 1.22. The van der Waals surface area contributed by atoms with Crippen molar-refractivity contribution in [3.8, 4) is 6.07 Å². The molecule has 0 spiro atoms. The van der Waals surface area contributed by atoms with E-state index in [2.05, 4.69) is 5.32 Å². The standard InChI is InChI=1S/C11H11FN2O3S/c1-7(18(2,16)17)11(15)14-10-5-3-4-9(12)8(10)6-13/h3-5,7H,1-2H3,(H,14,15). The number of hydrogen-bond acceptors (Lipinski definition) is 4. The molecule has 0 bridgehead atoms. The molecule has 0 heterocycles. The molecule has 0 aliphatic heterocycles. The largest absolute Gasteiger partial charge is 0.324 e. The van der Waals surface area contributed by atoms with Gasteiger partial charge >= 0.3 is 0 Å². The zero-order chi connectivity index (χ0) is 13.9. The van der Waals surface area contributed by atoms with Crippen LogP contribution >= 0.6 is 0 Å². The van der Waals surface area contributed by atoms with Gasteiger partial charge in [-0.2, -0.15) is 5.26 Å². The van der Waals surface area contributed by atoms with Gasteiger partial charge in [-0.1, -0.05) is 6.07 Å². The van der Waals surface area contributed by atoms with Crippen LogP contribution in [0.25, 0.3) is 0 Å². The highest BCUT2D eigenvalue weighted by Gasteiger charge is 2.24. The average Bonchev–Trinajstić information content (AvgIpc) is 2.27. The van der Waals surface area contributed by atoms with E-state index in [-0.39, 0.29) is 11.3 Å². The Morgan fingerprint density at radius 2 is 2.11 bits per heavy atom. The molecule has 0 aliphatic carbocycles. The third-order valence-corrected chi connectivity index (χ3v) is 3.89. The third-order valence-electron chi connectivity index (χ3n) is 2.39. The average molecular weight is 270 g/mol. The van der Waals surface area contributed by atoms with E-state index in [1.165, 1.54) is 19.1 Å². The molecular weight excluding hydrogens is 259 g/mol. The van der Waals surface area contributed by atoms with E-state index in [9.17, 15) is 17.6 Å². The van der Waals surface area contributed by atoms with E-state index in [0.29, 0.717) is 0 Å². The number of nitrogens with zero attached hydrogens (tertiary/aromatic N) is 1. The van der Waals surface area contributed by atoms with Crippen LogP contribution in [-0.4, -0.2) is 25.8 Å². The van der Waals surface area contributed by atoms with Crippen molar-refractivity contribution in [1.82, 2.24) is 0 Å². The van der Waals surface area contributed by atoms with E-state index in [1.54, 1.807) is 6.07 Å². The van der Waals surface area contributed by atoms with Gasteiger partial charge in [0.25, 0.3) is 0 Å². The molecule has 0 fully saturated rings. The zero-order valence-electron chi connectivity index (χ0n) is 9.77. The highest BCUT2D eigenvalue weighted by atomic mass is 32.2. The summed E-state index contributed by atoms with van der Waals surface area (Å²) in [5.41, 5.74) is -0.371. The van der Waals surface area contributed by atoms with Crippen LogP contribution in [-0.2, 0) is 14.6 Å². The number of amides is 1. The Hall–Kier alpha value is -1.94. The minimum atomic E-state index is -3.54. The quantitative estimate of drug-likeness (QED) is 0.890. The number of nitriles is 1. The topological polar surface area (TPSA) is 87.0 Å². The fourth-order valence-electron chi connectivity index (χ4n) is 1.17. The summed E-state index contributed by atoms with van der Waals surface area (Å²) in [4.78, 5) is 11.6. The molecule has 1 N–H and O–H groups in total. The summed E-state index contributed by atoms with van der Waals surface area (Å²) in [6, 6.07) is 5.33. The fraction of sp³-hybridized carbons (Fsp3) is 0.273. The van der Waals surface area contributed by atoms with Gasteiger partial charge in [0.2, 0.25) is 5.91 Å². The first-order valence-corrected chi connectivity index (χ1v) is 6.91. The number of nitrogens with one attached hydrogen (secondary N) is 1. The first kappa shape index (κ1) is 14.1. The minimum absolute atomic E-state index is 0.0435. The second-order valence-corrected chi connectivity index (χ2v) is 6.10. The SMILES string of the molecule is CC(C(=O)Nc1cccc(F)c1C#N)S(C)(=O)=O. The molecule has 1 rings (SSSR count). The summed E-state index contributed by atoms with van der Waals surface area (Å²) >= 11 is 0. The Bertz CT molecular complexity index is 620. The summed E-state index contributed by atoms with van der Waals surface area (Å²) in [5, 5.41) is 9.71. The van der Waals surface area contributed by atoms with Gasteiger partial charge in [0, 0.05) is 6.26 Å². The van der Waals surface area contributed by atoms with Crippen molar-refractivity contribution in [2.45, 2.75) is 12.2 Å². The van der Waals surface area contributed by atoms with Crippen LogP contribution < -0.4 is 5.32 Å². The molecule has 18 heavy (non-hydrogen) atoms. The van der Waals surface area contributed by atoms with E-state index in [1.807, 2.05) is 0 Å². The molecule has 7 heteroatoms. The molecule has 0 saturated carbocycles. The summed E-state index contributed by atoms with van der Waals surface area (Å²) in [5.74, 6) is -1.58. The second kappa shape index (κ2) is 5.14. The lowest BCUT2D eigenvalue weighted by Gasteiger charge is -2.11. The highest BCUT2D eigenvalue weighted by molar-refractivity contribution is 7.92.